The van der Waals surface area contributed by atoms with Gasteiger partial charge in [-0.05, 0) is 23.6 Å². The molecule has 8 heteroatoms. The average molecular weight is 399 g/mol. The minimum Gasteiger partial charge on any atom is -0.479 e. The van der Waals surface area contributed by atoms with Gasteiger partial charge in [0.05, 0.1) is 25.3 Å². The van der Waals surface area contributed by atoms with E-state index in [2.05, 4.69) is 5.16 Å². The molecule has 1 aromatic carbocycles. The van der Waals surface area contributed by atoms with Crippen molar-refractivity contribution < 1.29 is 24.0 Å². The molecule has 2 aromatic rings. The number of aromatic nitrogens is 1. The number of β-amino-alcohol motifs (C(OH)–C–C–N with tert-alkyl or cyclic N) is 1. The van der Waals surface area contributed by atoms with Gasteiger partial charge < -0.3 is 24.2 Å². The minimum atomic E-state index is -0.823. The molecule has 29 heavy (non-hydrogen) atoms. The summed E-state index contributed by atoms with van der Waals surface area (Å²) in [5.41, 5.74) is 0.920. The Morgan fingerprint density at radius 2 is 2.03 bits per heavy atom. The van der Waals surface area contributed by atoms with E-state index in [1.165, 1.54) is 13.2 Å². The quantitative estimate of drug-likeness (QED) is 0.794. The number of aliphatic hydroxyl groups excluding tert-OH is 1. The van der Waals surface area contributed by atoms with Crippen molar-refractivity contribution in [2.75, 3.05) is 20.2 Å². The fourth-order valence-electron chi connectivity index (χ4n) is 3.89. The predicted molar refractivity (Wildman–Crippen MR) is 103 cm³/mol. The predicted octanol–water partition coefficient (Wildman–Crippen LogP) is 1.70. The zero-order chi connectivity index (χ0) is 20.4. The Balaban J connectivity index is 1.57. The molecule has 1 aliphatic carbocycles. The van der Waals surface area contributed by atoms with Gasteiger partial charge in [-0.15, -0.1) is 0 Å². The SMILES string of the molecule is COc1cc(C(=O)N(Cc2ccccc2)[C@@H]2CN(C(=O)C3CCC3)C[C@H]2O)on1. The first-order valence-corrected chi connectivity index (χ1v) is 9.89. The van der Waals surface area contributed by atoms with Crippen LogP contribution >= 0.6 is 0 Å². The Morgan fingerprint density at radius 3 is 2.66 bits per heavy atom. The first-order chi connectivity index (χ1) is 14.1. The summed E-state index contributed by atoms with van der Waals surface area (Å²) in [6.07, 6.45) is 2.06. The molecule has 0 spiro atoms. The van der Waals surface area contributed by atoms with E-state index in [0.717, 1.165) is 24.8 Å². The van der Waals surface area contributed by atoms with E-state index in [4.69, 9.17) is 9.26 Å². The third-order valence-electron chi connectivity index (χ3n) is 5.79. The molecule has 1 aromatic heterocycles. The van der Waals surface area contributed by atoms with Crippen LogP contribution in [0.5, 0.6) is 5.88 Å². The number of benzene rings is 1. The van der Waals surface area contributed by atoms with Crippen molar-refractivity contribution >= 4 is 11.8 Å². The Bertz CT molecular complexity index is 864. The second-order valence-corrected chi connectivity index (χ2v) is 7.66. The molecular weight excluding hydrogens is 374 g/mol. The highest BCUT2D eigenvalue weighted by molar-refractivity contribution is 5.92. The van der Waals surface area contributed by atoms with Gasteiger partial charge in [0.1, 0.15) is 0 Å². The third kappa shape index (κ3) is 3.98. The number of likely N-dealkylation sites (tertiary alicyclic amines) is 1. The number of hydrogen-bond acceptors (Lipinski definition) is 6. The molecule has 0 unspecified atom stereocenters. The molecule has 2 amide bonds. The Kier molecular flexibility index (Phi) is 5.53. The van der Waals surface area contributed by atoms with Gasteiger partial charge in [-0.2, -0.15) is 0 Å². The highest BCUT2D eigenvalue weighted by Crippen LogP contribution is 2.31. The van der Waals surface area contributed by atoms with Crippen molar-refractivity contribution in [3.8, 4) is 5.88 Å². The summed E-state index contributed by atoms with van der Waals surface area (Å²) < 4.78 is 10.1. The van der Waals surface area contributed by atoms with Gasteiger partial charge in [0, 0.05) is 25.6 Å². The van der Waals surface area contributed by atoms with Crippen LogP contribution in [0, 0.1) is 5.92 Å². The number of amides is 2. The number of hydrogen-bond donors (Lipinski definition) is 1. The number of ether oxygens (including phenoxy) is 1. The second kappa shape index (κ2) is 8.24. The first kappa shape index (κ1) is 19.4. The number of carbonyl (C=O) groups is 2. The normalized spacial score (nSPS) is 21.7. The van der Waals surface area contributed by atoms with E-state index in [1.807, 2.05) is 30.3 Å². The zero-order valence-electron chi connectivity index (χ0n) is 16.4. The molecule has 0 radical (unpaired) electrons. The number of nitrogens with zero attached hydrogens (tertiary/aromatic N) is 3. The van der Waals surface area contributed by atoms with Gasteiger partial charge in [-0.3, -0.25) is 9.59 Å². The van der Waals surface area contributed by atoms with Crippen molar-refractivity contribution in [1.82, 2.24) is 15.0 Å². The van der Waals surface area contributed by atoms with Crippen LogP contribution in [0.4, 0.5) is 0 Å². The van der Waals surface area contributed by atoms with E-state index in [0.29, 0.717) is 6.54 Å². The van der Waals surface area contributed by atoms with Crippen molar-refractivity contribution in [2.45, 2.75) is 38.0 Å². The van der Waals surface area contributed by atoms with Crippen LogP contribution in [-0.2, 0) is 11.3 Å². The summed E-state index contributed by atoms with van der Waals surface area (Å²) in [6, 6.07) is 10.4. The van der Waals surface area contributed by atoms with E-state index in [-0.39, 0.29) is 36.6 Å². The maximum atomic E-state index is 13.2. The van der Waals surface area contributed by atoms with Crippen LogP contribution in [0.2, 0.25) is 0 Å². The molecule has 8 nitrogen and oxygen atoms in total. The summed E-state index contributed by atoms with van der Waals surface area (Å²) in [7, 11) is 1.44. The standard InChI is InChI=1S/C21H25N3O5/c1-28-19-10-18(29-22-19)21(27)24(11-14-6-3-2-4-7-14)16-12-23(13-17(16)25)20(26)15-8-5-9-15/h2-4,6-7,10,15-17,25H,5,8-9,11-13H2,1H3/t16-,17-/m1/s1. The zero-order valence-corrected chi connectivity index (χ0v) is 16.4. The fraction of sp³-hybridized carbons (Fsp3) is 0.476. The lowest BCUT2D eigenvalue weighted by Gasteiger charge is -2.31. The van der Waals surface area contributed by atoms with E-state index < -0.39 is 18.1 Å². The molecule has 4 rings (SSSR count). The average Bonchev–Trinajstić information content (AvgIpc) is 3.32. The lowest BCUT2D eigenvalue weighted by atomic mass is 9.84. The lowest BCUT2D eigenvalue weighted by Crippen LogP contribution is -2.46. The molecular formula is C21H25N3O5. The first-order valence-electron chi connectivity index (χ1n) is 9.89. The summed E-state index contributed by atoms with van der Waals surface area (Å²) in [5.74, 6) is -0.0221. The highest BCUT2D eigenvalue weighted by Gasteiger charge is 2.42. The van der Waals surface area contributed by atoms with Crippen molar-refractivity contribution in [3.63, 3.8) is 0 Å². The van der Waals surface area contributed by atoms with Crippen LogP contribution in [0.25, 0.3) is 0 Å². The molecule has 0 bridgehead atoms. The van der Waals surface area contributed by atoms with Gasteiger partial charge >= 0.3 is 0 Å². The minimum absolute atomic E-state index is 0.0359. The third-order valence-corrected chi connectivity index (χ3v) is 5.79. The van der Waals surface area contributed by atoms with Crippen molar-refractivity contribution in [1.29, 1.82) is 0 Å². The van der Waals surface area contributed by atoms with Crippen LogP contribution in [0.3, 0.4) is 0 Å². The molecule has 2 atom stereocenters. The van der Waals surface area contributed by atoms with Gasteiger partial charge in [0.25, 0.3) is 11.8 Å². The topological polar surface area (TPSA) is 96.1 Å². The number of carbonyl (C=O) groups excluding carboxylic acids is 2. The number of aliphatic hydroxyl groups is 1. The summed E-state index contributed by atoms with van der Waals surface area (Å²) in [6.45, 7) is 0.828. The molecule has 154 valence electrons. The van der Waals surface area contributed by atoms with Gasteiger partial charge in [0.15, 0.2) is 0 Å². The molecule has 2 fully saturated rings. The highest BCUT2D eigenvalue weighted by atomic mass is 16.5. The van der Waals surface area contributed by atoms with Gasteiger partial charge in [-0.25, -0.2) is 0 Å². The summed E-state index contributed by atoms with van der Waals surface area (Å²) in [4.78, 5) is 29.1. The molecule has 1 saturated carbocycles. The lowest BCUT2D eigenvalue weighted by molar-refractivity contribution is -0.137. The number of methoxy groups -OCH3 is 1. The maximum Gasteiger partial charge on any atom is 0.293 e. The van der Waals surface area contributed by atoms with Crippen LogP contribution in [0.1, 0.15) is 35.4 Å². The molecule has 1 saturated heterocycles. The van der Waals surface area contributed by atoms with Crippen molar-refractivity contribution in [3.05, 3.63) is 47.7 Å². The van der Waals surface area contributed by atoms with E-state index >= 15 is 0 Å². The molecule has 1 aliphatic heterocycles. The van der Waals surface area contributed by atoms with Crippen LogP contribution < -0.4 is 4.74 Å². The molecule has 2 aliphatic rings. The van der Waals surface area contributed by atoms with Crippen LogP contribution in [-0.4, -0.2) is 64.2 Å². The van der Waals surface area contributed by atoms with Gasteiger partial charge in [-0.1, -0.05) is 36.8 Å². The fourth-order valence-corrected chi connectivity index (χ4v) is 3.89. The number of rotatable bonds is 6. The summed E-state index contributed by atoms with van der Waals surface area (Å²) in [5, 5.41) is 14.4. The van der Waals surface area contributed by atoms with Gasteiger partial charge in [0.2, 0.25) is 11.7 Å². The smallest absolute Gasteiger partial charge is 0.293 e. The van der Waals surface area contributed by atoms with E-state index in [1.54, 1.807) is 9.80 Å². The maximum absolute atomic E-state index is 13.2. The van der Waals surface area contributed by atoms with Crippen LogP contribution in [0.15, 0.2) is 40.9 Å². The monoisotopic (exact) mass is 399 g/mol. The molecule has 2 heterocycles. The Morgan fingerprint density at radius 1 is 1.28 bits per heavy atom. The largest absolute Gasteiger partial charge is 0.479 e. The molecule has 1 N–H and O–H groups in total. The summed E-state index contributed by atoms with van der Waals surface area (Å²) >= 11 is 0. The van der Waals surface area contributed by atoms with Crippen molar-refractivity contribution in [2.24, 2.45) is 5.92 Å². The second-order valence-electron chi connectivity index (χ2n) is 7.66. The Labute approximate surface area is 169 Å². The van der Waals surface area contributed by atoms with E-state index in [9.17, 15) is 14.7 Å². The Hall–Kier alpha value is -2.87.